The smallest absolute Gasteiger partial charge is 0.410 e. The van der Waals surface area contributed by atoms with Gasteiger partial charge in [-0.05, 0) is 37.0 Å². The maximum atomic E-state index is 12.5. The summed E-state index contributed by atoms with van der Waals surface area (Å²) in [5.41, 5.74) is 1.97. The molecule has 1 amide bonds. The Labute approximate surface area is 192 Å². The van der Waals surface area contributed by atoms with Gasteiger partial charge in [-0.3, -0.25) is 0 Å². The van der Waals surface area contributed by atoms with E-state index in [0.717, 1.165) is 48.2 Å². The molecule has 32 heavy (non-hydrogen) atoms. The van der Waals surface area contributed by atoms with Crippen LogP contribution < -0.4 is 4.90 Å². The highest BCUT2D eigenvalue weighted by Crippen LogP contribution is 2.36. The van der Waals surface area contributed by atoms with Gasteiger partial charge in [-0.1, -0.05) is 48.0 Å². The van der Waals surface area contributed by atoms with Gasteiger partial charge in [-0.15, -0.1) is 0 Å². The third-order valence-electron chi connectivity index (χ3n) is 6.14. The summed E-state index contributed by atoms with van der Waals surface area (Å²) in [5.74, 6) is 0.858. The molecule has 0 bridgehead atoms. The minimum Gasteiger partial charge on any atom is -0.445 e. The van der Waals surface area contributed by atoms with Crippen molar-refractivity contribution < 1.29 is 14.3 Å². The maximum absolute atomic E-state index is 12.5. The summed E-state index contributed by atoms with van der Waals surface area (Å²) in [6.07, 6.45) is 2.83. The molecule has 3 heterocycles. The molecule has 7 nitrogen and oxygen atoms in total. The molecule has 2 aliphatic heterocycles. The summed E-state index contributed by atoms with van der Waals surface area (Å²) < 4.78 is 13.5. The molecule has 2 aromatic carbocycles. The predicted molar refractivity (Wildman–Crippen MR) is 124 cm³/mol. The minimum absolute atomic E-state index is 0.0623. The van der Waals surface area contributed by atoms with Crippen LogP contribution in [0, 0.1) is 0 Å². The number of piperazine rings is 1. The fraction of sp³-hybridized carbons (Fsp3) is 0.417. The SMILES string of the molecule is O=C(OCc1ccccc1)N1CCN(c2nn([C@@H]3CCCCO3)c3cccc(Cl)c23)CC1. The number of hydrogen-bond donors (Lipinski definition) is 0. The summed E-state index contributed by atoms with van der Waals surface area (Å²) in [7, 11) is 0. The molecule has 1 aromatic heterocycles. The van der Waals surface area contributed by atoms with Gasteiger partial charge in [0.05, 0.1) is 15.9 Å². The van der Waals surface area contributed by atoms with Crippen LogP contribution >= 0.6 is 11.6 Å². The molecule has 0 N–H and O–H groups in total. The second kappa shape index (κ2) is 9.38. The first-order chi connectivity index (χ1) is 15.7. The summed E-state index contributed by atoms with van der Waals surface area (Å²) >= 11 is 6.61. The van der Waals surface area contributed by atoms with Gasteiger partial charge in [0.15, 0.2) is 12.0 Å². The van der Waals surface area contributed by atoms with Gasteiger partial charge in [0, 0.05) is 32.8 Å². The molecule has 2 aliphatic rings. The zero-order valence-electron chi connectivity index (χ0n) is 18.0. The molecule has 3 aromatic rings. The van der Waals surface area contributed by atoms with Crippen LogP contribution in [-0.2, 0) is 16.1 Å². The average Bonchev–Trinajstić information content (AvgIpc) is 3.25. The summed E-state index contributed by atoms with van der Waals surface area (Å²) in [6, 6.07) is 15.6. The molecule has 0 spiro atoms. The van der Waals surface area contributed by atoms with E-state index in [0.29, 0.717) is 31.2 Å². The first-order valence-corrected chi connectivity index (χ1v) is 11.6. The van der Waals surface area contributed by atoms with E-state index in [4.69, 9.17) is 26.2 Å². The fourth-order valence-electron chi connectivity index (χ4n) is 4.40. The molecular formula is C24H27ClN4O3. The number of hydrogen-bond acceptors (Lipinski definition) is 5. The molecule has 0 saturated carbocycles. The van der Waals surface area contributed by atoms with Crippen molar-refractivity contribution in [2.45, 2.75) is 32.1 Å². The zero-order chi connectivity index (χ0) is 21.9. The van der Waals surface area contributed by atoms with E-state index in [1.807, 2.05) is 53.2 Å². The molecule has 0 aliphatic carbocycles. The Kier molecular flexibility index (Phi) is 6.19. The average molecular weight is 455 g/mol. The van der Waals surface area contributed by atoms with E-state index in [2.05, 4.69) is 4.90 Å². The van der Waals surface area contributed by atoms with Crippen molar-refractivity contribution >= 4 is 34.4 Å². The van der Waals surface area contributed by atoms with E-state index < -0.39 is 0 Å². The van der Waals surface area contributed by atoms with Crippen molar-refractivity contribution in [1.29, 1.82) is 0 Å². The summed E-state index contributed by atoms with van der Waals surface area (Å²) in [4.78, 5) is 16.5. The Morgan fingerprint density at radius 1 is 1.06 bits per heavy atom. The quantitative estimate of drug-likeness (QED) is 0.564. The number of carbonyl (C=O) groups is 1. The molecule has 2 fully saturated rings. The van der Waals surface area contributed by atoms with Crippen LogP contribution in [0.3, 0.4) is 0 Å². The van der Waals surface area contributed by atoms with Crippen LogP contribution in [0.15, 0.2) is 48.5 Å². The van der Waals surface area contributed by atoms with Gasteiger partial charge in [-0.2, -0.15) is 5.10 Å². The number of amides is 1. The predicted octanol–water partition coefficient (Wildman–Crippen LogP) is 4.85. The molecule has 2 saturated heterocycles. The monoisotopic (exact) mass is 454 g/mol. The highest BCUT2D eigenvalue weighted by molar-refractivity contribution is 6.36. The standard InChI is InChI=1S/C24H27ClN4O3/c25-19-9-6-10-20-22(19)23(26-29(20)21-11-4-5-16-31-21)27-12-14-28(15-13-27)24(30)32-17-18-7-2-1-3-8-18/h1-3,6-10,21H,4-5,11-17H2/t21-/m0/s1. The number of anilines is 1. The lowest BCUT2D eigenvalue weighted by Gasteiger charge is -2.34. The largest absolute Gasteiger partial charge is 0.445 e. The second-order valence-electron chi connectivity index (χ2n) is 8.24. The van der Waals surface area contributed by atoms with Crippen molar-refractivity contribution in [3.05, 3.63) is 59.1 Å². The second-order valence-corrected chi connectivity index (χ2v) is 8.64. The molecule has 0 radical (unpaired) electrons. The van der Waals surface area contributed by atoms with Gasteiger partial charge in [-0.25, -0.2) is 9.48 Å². The Morgan fingerprint density at radius 3 is 2.62 bits per heavy atom. The van der Waals surface area contributed by atoms with Crippen molar-refractivity contribution in [2.24, 2.45) is 0 Å². The highest BCUT2D eigenvalue weighted by Gasteiger charge is 2.28. The Bertz CT molecular complexity index is 1070. The van der Waals surface area contributed by atoms with Crippen molar-refractivity contribution in [3.63, 3.8) is 0 Å². The van der Waals surface area contributed by atoms with Gasteiger partial charge in [0.25, 0.3) is 0 Å². The zero-order valence-corrected chi connectivity index (χ0v) is 18.7. The van der Waals surface area contributed by atoms with Crippen LogP contribution in [-0.4, -0.2) is 53.6 Å². The topological polar surface area (TPSA) is 59.8 Å². The highest BCUT2D eigenvalue weighted by atomic mass is 35.5. The van der Waals surface area contributed by atoms with Crippen LogP contribution in [0.5, 0.6) is 0 Å². The van der Waals surface area contributed by atoms with E-state index >= 15 is 0 Å². The normalized spacial score (nSPS) is 19.3. The Balaban J connectivity index is 1.29. The minimum atomic E-state index is -0.280. The third kappa shape index (κ3) is 4.27. The van der Waals surface area contributed by atoms with Crippen molar-refractivity contribution in [1.82, 2.24) is 14.7 Å². The van der Waals surface area contributed by atoms with Gasteiger partial charge in [0.2, 0.25) is 0 Å². The number of halogens is 1. The molecular weight excluding hydrogens is 428 g/mol. The number of fused-ring (bicyclic) bond motifs is 1. The van der Waals surface area contributed by atoms with Gasteiger partial charge >= 0.3 is 6.09 Å². The molecule has 168 valence electrons. The molecule has 8 heteroatoms. The number of ether oxygens (including phenoxy) is 2. The van der Waals surface area contributed by atoms with E-state index in [1.54, 1.807) is 4.90 Å². The lowest BCUT2D eigenvalue weighted by molar-refractivity contribution is -0.0365. The van der Waals surface area contributed by atoms with Crippen LogP contribution in [0.1, 0.15) is 31.1 Å². The Hall–Kier alpha value is -2.77. The van der Waals surface area contributed by atoms with Crippen molar-refractivity contribution in [2.75, 3.05) is 37.7 Å². The number of nitrogens with zero attached hydrogens (tertiary/aromatic N) is 4. The van der Waals surface area contributed by atoms with Crippen LogP contribution in [0.2, 0.25) is 5.02 Å². The number of carbonyl (C=O) groups excluding carboxylic acids is 1. The molecule has 0 unspecified atom stereocenters. The Morgan fingerprint density at radius 2 is 1.88 bits per heavy atom. The van der Waals surface area contributed by atoms with Gasteiger partial charge < -0.3 is 19.3 Å². The van der Waals surface area contributed by atoms with Gasteiger partial charge in [0.1, 0.15) is 6.61 Å². The van der Waals surface area contributed by atoms with E-state index in [9.17, 15) is 4.79 Å². The van der Waals surface area contributed by atoms with E-state index in [1.165, 1.54) is 0 Å². The third-order valence-corrected chi connectivity index (χ3v) is 6.45. The van der Waals surface area contributed by atoms with Crippen molar-refractivity contribution in [3.8, 4) is 0 Å². The van der Waals surface area contributed by atoms with Crippen LogP contribution in [0.4, 0.5) is 10.6 Å². The van der Waals surface area contributed by atoms with E-state index in [-0.39, 0.29) is 18.9 Å². The van der Waals surface area contributed by atoms with Crippen LogP contribution in [0.25, 0.3) is 10.9 Å². The fourth-order valence-corrected chi connectivity index (χ4v) is 4.65. The number of benzene rings is 2. The molecule has 5 rings (SSSR count). The number of aromatic nitrogens is 2. The lowest BCUT2D eigenvalue weighted by atomic mass is 10.2. The number of rotatable bonds is 4. The first-order valence-electron chi connectivity index (χ1n) is 11.2. The first kappa shape index (κ1) is 21.1. The lowest BCUT2D eigenvalue weighted by Crippen LogP contribution is -2.49. The summed E-state index contributed by atoms with van der Waals surface area (Å²) in [5, 5.41) is 6.57. The summed E-state index contributed by atoms with van der Waals surface area (Å²) in [6.45, 7) is 3.53. The molecule has 1 atom stereocenters. The maximum Gasteiger partial charge on any atom is 0.410 e.